The van der Waals surface area contributed by atoms with Crippen LogP contribution in [-0.4, -0.2) is 52.6 Å². The third-order valence-electron chi connectivity index (χ3n) is 5.02. The first kappa shape index (κ1) is 21.4. The number of urea groups is 1. The van der Waals surface area contributed by atoms with Crippen molar-refractivity contribution < 1.29 is 9.18 Å². The quantitative estimate of drug-likeness (QED) is 0.676. The summed E-state index contributed by atoms with van der Waals surface area (Å²) in [6.07, 6.45) is 0. The molecule has 7 nitrogen and oxygen atoms in total. The lowest BCUT2D eigenvalue weighted by Crippen LogP contribution is -2.43. The highest BCUT2D eigenvalue weighted by molar-refractivity contribution is 5.89. The van der Waals surface area contributed by atoms with Gasteiger partial charge in [0.05, 0.1) is 22.6 Å². The van der Waals surface area contributed by atoms with E-state index < -0.39 is 17.9 Å². The van der Waals surface area contributed by atoms with Gasteiger partial charge in [0.15, 0.2) is 0 Å². The fourth-order valence-electron chi connectivity index (χ4n) is 3.28. The SMILES string of the molecule is CC(c1nc2ccccc2c(=O)n1C)N(CCN(C)C)C(=O)Nc1ccccc1F. The minimum absolute atomic E-state index is 0.102. The normalized spacial score (nSPS) is 12.2. The summed E-state index contributed by atoms with van der Waals surface area (Å²) in [6.45, 7) is 2.78. The van der Waals surface area contributed by atoms with Crippen LogP contribution in [0.25, 0.3) is 10.9 Å². The topological polar surface area (TPSA) is 70.5 Å². The standard InChI is InChI=1S/C22H26FN5O2/c1-15(20-24-18-11-7-5-9-16(18)21(29)27(20)4)28(14-13-26(2)3)22(30)25-19-12-8-6-10-17(19)23/h5-12,15H,13-14H2,1-4H3,(H,25,30). The second-order valence-corrected chi connectivity index (χ2v) is 7.43. The predicted molar refractivity (Wildman–Crippen MR) is 116 cm³/mol. The highest BCUT2D eigenvalue weighted by Gasteiger charge is 2.26. The second kappa shape index (κ2) is 9.04. The van der Waals surface area contributed by atoms with Crippen molar-refractivity contribution in [3.05, 3.63) is 70.5 Å². The molecule has 0 saturated carbocycles. The van der Waals surface area contributed by atoms with Gasteiger partial charge in [0.2, 0.25) is 0 Å². The van der Waals surface area contributed by atoms with Crippen LogP contribution >= 0.6 is 0 Å². The number of para-hydroxylation sites is 2. The van der Waals surface area contributed by atoms with Gasteiger partial charge in [-0.05, 0) is 45.3 Å². The highest BCUT2D eigenvalue weighted by Crippen LogP contribution is 2.21. The molecule has 8 heteroatoms. The van der Waals surface area contributed by atoms with Crippen molar-refractivity contribution in [2.45, 2.75) is 13.0 Å². The lowest BCUT2D eigenvalue weighted by molar-refractivity contribution is 0.180. The van der Waals surface area contributed by atoms with E-state index in [4.69, 9.17) is 0 Å². The number of aromatic nitrogens is 2. The first-order valence-corrected chi connectivity index (χ1v) is 9.72. The van der Waals surface area contributed by atoms with Gasteiger partial charge in [-0.25, -0.2) is 14.2 Å². The van der Waals surface area contributed by atoms with Crippen molar-refractivity contribution in [2.75, 3.05) is 32.5 Å². The number of halogens is 1. The number of carbonyl (C=O) groups is 1. The van der Waals surface area contributed by atoms with Crippen LogP contribution in [0.2, 0.25) is 0 Å². The van der Waals surface area contributed by atoms with Gasteiger partial charge in [-0.3, -0.25) is 9.36 Å². The molecule has 3 rings (SSSR count). The summed E-state index contributed by atoms with van der Waals surface area (Å²) in [4.78, 5) is 34.0. The van der Waals surface area contributed by atoms with E-state index >= 15 is 0 Å². The van der Waals surface area contributed by atoms with Gasteiger partial charge in [0.25, 0.3) is 5.56 Å². The molecule has 1 unspecified atom stereocenters. The Morgan fingerprint density at radius 3 is 2.50 bits per heavy atom. The van der Waals surface area contributed by atoms with Gasteiger partial charge in [-0.1, -0.05) is 24.3 Å². The highest BCUT2D eigenvalue weighted by atomic mass is 19.1. The molecule has 2 aromatic carbocycles. The molecule has 0 spiro atoms. The molecule has 0 saturated heterocycles. The fraction of sp³-hybridized carbons (Fsp3) is 0.318. The van der Waals surface area contributed by atoms with Crippen molar-refractivity contribution >= 4 is 22.6 Å². The van der Waals surface area contributed by atoms with Gasteiger partial charge >= 0.3 is 6.03 Å². The molecule has 2 amide bonds. The van der Waals surface area contributed by atoms with E-state index in [1.54, 1.807) is 42.3 Å². The number of benzene rings is 2. The van der Waals surface area contributed by atoms with Gasteiger partial charge in [0.1, 0.15) is 11.6 Å². The van der Waals surface area contributed by atoms with Gasteiger partial charge in [-0.15, -0.1) is 0 Å². The lowest BCUT2D eigenvalue weighted by atomic mass is 10.2. The van der Waals surface area contributed by atoms with Crippen molar-refractivity contribution in [3.8, 4) is 0 Å². The molecule has 0 aliphatic heterocycles. The fourth-order valence-corrected chi connectivity index (χ4v) is 3.28. The molecule has 0 bridgehead atoms. The van der Waals surface area contributed by atoms with Crippen LogP contribution < -0.4 is 10.9 Å². The van der Waals surface area contributed by atoms with E-state index in [0.717, 1.165) is 0 Å². The van der Waals surface area contributed by atoms with Crippen LogP contribution in [0.5, 0.6) is 0 Å². The number of nitrogens with one attached hydrogen (secondary N) is 1. The van der Waals surface area contributed by atoms with Crippen LogP contribution in [0.15, 0.2) is 53.3 Å². The average Bonchev–Trinajstić information content (AvgIpc) is 2.72. The van der Waals surface area contributed by atoms with Crippen LogP contribution in [-0.2, 0) is 7.05 Å². The summed E-state index contributed by atoms with van der Waals surface area (Å²) in [5.74, 6) is -0.0524. The summed E-state index contributed by atoms with van der Waals surface area (Å²) in [6, 6.07) is 12.1. The molecule has 1 N–H and O–H groups in total. The maximum atomic E-state index is 14.0. The van der Waals surface area contributed by atoms with E-state index in [9.17, 15) is 14.0 Å². The molecular formula is C22H26FN5O2. The molecule has 0 fully saturated rings. The molecule has 3 aromatic rings. The Labute approximate surface area is 174 Å². The molecule has 30 heavy (non-hydrogen) atoms. The van der Waals surface area contributed by atoms with Crippen LogP contribution in [0.4, 0.5) is 14.9 Å². The Kier molecular flexibility index (Phi) is 6.47. The number of likely N-dealkylation sites (N-methyl/N-ethyl adjacent to an activating group) is 1. The van der Waals surface area contributed by atoms with Crippen molar-refractivity contribution in [1.82, 2.24) is 19.4 Å². The molecule has 1 atom stereocenters. The Morgan fingerprint density at radius 1 is 1.13 bits per heavy atom. The summed E-state index contributed by atoms with van der Waals surface area (Å²) in [7, 11) is 5.45. The predicted octanol–water partition coefficient (Wildman–Crippen LogP) is 3.23. The molecule has 0 aliphatic carbocycles. The lowest BCUT2D eigenvalue weighted by Gasteiger charge is -2.31. The number of anilines is 1. The average molecular weight is 411 g/mol. The number of carbonyl (C=O) groups excluding carboxylic acids is 1. The number of hydrogen-bond donors (Lipinski definition) is 1. The monoisotopic (exact) mass is 411 g/mol. The summed E-state index contributed by atoms with van der Waals surface area (Å²) in [5.41, 5.74) is 0.499. The zero-order valence-electron chi connectivity index (χ0n) is 17.6. The third kappa shape index (κ3) is 4.49. The maximum Gasteiger partial charge on any atom is 0.322 e. The molecule has 0 aliphatic rings. The number of amides is 2. The number of hydrogen-bond acceptors (Lipinski definition) is 4. The summed E-state index contributed by atoms with van der Waals surface area (Å²) >= 11 is 0. The van der Waals surface area contributed by atoms with Crippen molar-refractivity contribution in [1.29, 1.82) is 0 Å². The smallest absolute Gasteiger partial charge is 0.313 e. The van der Waals surface area contributed by atoms with E-state index in [-0.39, 0.29) is 11.2 Å². The minimum Gasteiger partial charge on any atom is -0.313 e. The zero-order chi connectivity index (χ0) is 21.8. The molecule has 1 aromatic heterocycles. The van der Waals surface area contributed by atoms with E-state index in [1.807, 2.05) is 32.0 Å². The van der Waals surface area contributed by atoms with Gasteiger partial charge in [-0.2, -0.15) is 0 Å². The molecule has 158 valence electrons. The van der Waals surface area contributed by atoms with Gasteiger partial charge < -0.3 is 15.1 Å². The van der Waals surface area contributed by atoms with E-state index in [1.165, 1.54) is 16.7 Å². The van der Waals surface area contributed by atoms with Crippen molar-refractivity contribution in [3.63, 3.8) is 0 Å². The molecule has 1 heterocycles. The first-order valence-electron chi connectivity index (χ1n) is 9.72. The molecular weight excluding hydrogens is 385 g/mol. The van der Waals surface area contributed by atoms with E-state index in [0.29, 0.717) is 29.8 Å². The third-order valence-corrected chi connectivity index (χ3v) is 5.02. The summed E-state index contributed by atoms with van der Waals surface area (Å²) in [5, 5.41) is 3.15. The Hall–Kier alpha value is -3.26. The van der Waals surface area contributed by atoms with E-state index in [2.05, 4.69) is 10.3 Å². The summed E-state index contributed by atoms with van der Waals surface area (Å²) < 4.78 is 15.5. The molecule has 0 radical (unpaired) electrons. The Balaban J connectivity index is 1.98. The minimum atomic E-state index is -0.515. The van der Waals surface area contributed by atoms with Crippen LogP contribution in [0, 0.1) is 5.82 Å². The first-order chi connectivity index (χ1) is 14.3. The second-order valence-electron chi connectivity index (χ2n) is 7.43. The maximum absolute atomic E-state index is 14.0. The number of fused-ring (bicyclic) bond motifs is 1. The van der Waals surface area contributed by atoms with Crippen LogP contribution in [0.1, 0.15) is 18.8 Å². The number of nitrogens with zero attached hydrogens (tertiary/aromatic N) is 4. The largest absolute Gasteiger partial charge is 0.322 e. The zero-order valence-corrected chi connectivity index (χ0v) is 17.6. The Morgan fingerprint density at radius 2 is 1.80 bits per heavy atom. The van der Waals surface area contributed by atoms with Gasteiger partial charge in [0, 0.05) is 20.1 Å². The Bertz CT molecular complexity index is 1110. The van der Waals surface area contributed by atoms with Crippen molar-refractivity contribution in [2.24, 2.45) is 7.05 Å². The van der Waals surface area contributed by atoms with Crippen LogP contribution in [0.3, 0.4) is 0 Å². The number of rotatable bonds is 6.